The summed E-state index contributed by atoms with van der Waals surface area (Å²) in [6.45, 7) is 0.0863. The van der Waals surface area contributed by atoms with Gasteiger partial charge in [0.05, 0.1) is 12.6 Å². The van der Waals surface area contributed by atoms with Crippen LogP contribution in [0.1, 0.15) is 44.1 Å². The molecule has 0 aliphatic heterocycles. The van der Waals surface area contributed by atoms with E-state index >= 15 is 0 Å². The molecule has 1 aromatic rings. The number of carbonyl (C=O) groups excluding carboxylic acids is 1. The van der Waals surface area contributed by atoms with E-state index in [1.807, 2.05) is 0 Å². The first-order chi connectivity index (χ1) is 12.7. The summed E-state index contributed by atoms with van der Waals surface area (Å²) in [6, 6.07) is 8.09. The molecule has 0 atom stereocenters. The molecule has 148 valence electrons. The quantitative estimate of drug-likeness (QED) is 0.760. The summed E-state index contributed by atoms with van der Waals surface area (Å²) in [6.07, 6.45) is 0.370. The maximum atomic E-state index is 12.5. The van der Waals surface area contributed by atoms with Crippen LogP contribution in [0.25, 0.3) is 0 Å². The van der Waals surface area contributed by atoms with Crippen LogP contribution in [-0.4, -0.2) is 36.3 Å². The summed E-state index contributed by atoms with van der Waals surface area (Å²) in [7, 11) is 1.64. The molecule has 5 nitrogen and oxygen atoms in total. The van der Waals surface area contributed by atoms with Crippen LogP contribution >= 0.6 is 0 Å². The highest BCUT2D eigenvalue weighted by Gasteiger charge is 2.33. The largest absolute Gasteiger partial charge is 0.573 e. The van der Waals surface area contributed by atoms with Crippen molar-refractivity contribution in [2.45, 2.75) is 57.0 Å². The van der Waals surface area contributed by atoms with Crippen LogP contribution in [0.3, 0.4) is 0 Å². The van der Waals surface area contributed by atoms with Crippen LogP contribution in [0, 0.1) is 11.3 Å². The third-order valence-corrected chi connectivity index (χ3v) is 4.60. The molecular weight excluding hydrogens is 359 g/mol. The van der Waals surface area contributed by atoms with Gasteiger partial charge in [-0.2, -0.15) is 5.26 Å². The fourth-order valence-corrected chi connectivity index (χ4v) is 3.35. The second-order valence-electron chi connectivity index (χ2n) is 6.98. The smallest absolute Gasteiger partial charge is 0.405 e. The molecule has 0 aromatic heterocycles. The third-order valence-electron chi connectivity index (χ3n) is 4.60. The van der Waals surface area contributed by atoms with Gasteiger partial charge in [0.15, 0.2) is 0 Å². The number of para-hydroxylation sites is 1. The van der Waals surface area contributed by atoms with Crippen molar-refractivity contribution in [3.05, 3.63) is 29.8 Å². The fraction of sp³-hybridized carbons (Fsp3) is 0.579. The van der Waals surface area contributed by atoms with E-state index in [4.69, 9.17) is 0 Å². The van der Waals surface area contributed by atoms with Crippen LogP contribution in [0.2, 0.25) is 0 Å². The van der Waals surface area contributed by atoms with E-state index in [9.17, 15) is 23.2 Å². The van der Waals surface area contributed by atoms with E-state index in [-0.39, 0.29) is 24.7 Å². The van der Waals surface area contributed by atoms with E-state index in [1.165, 1.54) is 18.2 Å². The number of benzene rings is 1. The lowest BCUT2D eigenvalue weighted by molar-refractivity contribution is -0.275. The number of nitrogens with one attached hydrogen (secondary N) is 1. The molecule has 1 amide bonds. The molecule has 0 bridgehead atoms. The summed E-state index contributed by atoms with van der Waals surface area (Å²) in [5.41, 5.74) is -0.513. The third kappa shape index (κ3) is 6.75. The van der Waals surface area contributed by atoms with Gasteiger partial charge in [-0.25, -0.2) is 0 Å². The van der Waals surface area contributed by atoms with Gasteiger partial charge in [-0.05, 0) is 26.0 Å². The second kappa shape index (κ2) is 9.09. The van der Waals surface area contributed by atoms with Gasteiger partial charge in [0.25, 0.3) is 0 Å². The zero-order chi connectivity index (χ0) is 19.9. The summed E-state index contributed by atoms with van der Waals surface area (Å²) in [5, 5.41) is 12.4. The molecule has 1 fully saturated rings. The van der Waals surface area contributed by atoms with E-state index < -0.39 is 11.9 Å². The van der Waals surface area contributed by atoms with Gasteiger partial charge in [0.2, 0.25) is 5.91 Å². The maximum absolute atomic E-state index is 12.5. The SMILES string of the molecule is CN(CC(=O)NC1(C#N)CCCCCC1)Cc1ccccc1OC(F)(F)F. The Morgan fingerprint density at radius 3 is 2.48 bits per heavy atom. The molecule has 0 radical (unpaired) electrons. The van der Waals surface area contributed by atoms with E-state index in [0.717, 1.165) is 25.7 Å². The predicted molar refractivity (Wildman–Crippen MR) is 93.6 cm³/mol. The number of rotatable bonds is 6. The minimum absolute atomic E-state index is 0.0240. The van der Waals surface area contributed by atoms with Crippen molar-refractivity contribution in [3.63, 3.8) is 0 Å². The number of nitriles is 1. The van der Waals surface area contributed by atoms with Gasteiger partial charge in [-0.3, -0.25) is 9.69 Å². The summed E-state index contributed by atoms with van der Waals surface area (Å²) >= 11 is 0. The van der Waals surface area contributed by atoms with E-state index in [1.54, 1.807) is 18.0 Å². The summed E-state index contributed by atoms with van der Waals surface area (Å²) in [5.74, 6) is -0.593. The Bertz CT molecular complexity index is 678. The number of nitrogens with zero attached hydrogens (tertiary/aromatic N) is 2. The van der Waals surface area contributed by atoms with Crippen molar-refractivity contribution in [2.75, 3.05) is 13.6 Å². The van der Waals surface area contributed by atoms with Gasteiger partial charge in [-0.1, -0.05) is 43.9 Å². The topological polar surface area (TPSA) is 65.4 Å². The molecule has 8 heteroatoms. The van der Waals surface area contributed by atoms with Gasteiger partial charge >= 0.3 is 6.36 Å². The van der Waals surface area contributed by atoms with Crippen molar-refractivity contribution in [1.82, 2.24) is 10.2 Å². The van der Waals surface area contributed by atoms with Crippen molar-refractivity contribution >= 4 is 5.91 Å². The lowest BCUT2D eigenvalue weighted by atomic mass is 9.92. The number of ether oxygens (including phenoxy) is 1. The zero-order valence-electron chi connectivity index (χ0n) is 15.3. The normalized spacial score (nSPS) is 17.0. The van der Waals surface area contributed by atoms with Crippen molar-refractivity contribution in [1.29, 1.82) is 5.26 Å². The molecule has 1 aromatic carbocycles. The predicted octanol–water partition coefficient (Wildman–Crippen LogP) is 3.75. The lowest BCUT2D eigenvalue weighted by Crippen LogP contribution is -2.50. The van der Waals surface area contributed by atoms with Gasteiger partial charge in [-0.15, -0.1) is 13.2 Å². The molecule has 1 saturated carbocycles. The number of hydrogen-bond acceptors (Lipinski definition) is 4. The minimum atomic E-state index is -4.77. The highest BCUT2D eigenvalue weighted by molar-refractivity contribution is 5.79. The minimum Gasteiger partial charge on any atom is -0.405 e. The number of likely N-dealkylation sites (N-methyl/N-ethyl adjacent to an activating group) is 1. The Labute approximate surface area is 157 Å². The van der Waals surface area contributed by atoms with Gasteiger partial charge in [0.1, 0.15) is 11.3 Å². The van der Waals surface area contributed by atoms with Crippen LogP contribution in [0.15, 0.2) is 24.3 Å². The van der Waals surface area contributed by atoms with E-state index in [2.05, 4.69) is 16.1 Å². The van der Waals surface area contributed by atoms with Crippen molar-refractivity contribution < 1.29 is 22.7 Å². The molecule has 2 rings (SSSR count). The monoisotopic (exact) mass is 383 g/mol. The average Bonchev–Trinajstić information content (AvgIpc) is 2.81. The number of hydrogen-bond donors (Lipinski definition) is 1. The number of carbonyl (C=O) groups is 1. The summed E-state index contributed by atoms with van der Waals surface area (Å²) in [4.78, 5) is 14.0. The first kappa shape index (κ1) is 21.0. The lowest BCUT2D eigenvalue weighted by Gasteiger charge is -2.27. The second-order valence-corrected chi connectivity index (χ2v) is 6.98. The molecule has 0 spiro atoms. The highest BCUT2D eigenvalue weighted by atomic mass is 19.4. The van der Waals surface area contributed by atoms with Gasteiger partial charge in [0, 0.05) is 12.1 Å². The molecule has 0 heterocycles. The van der Waals surface area contributed by atoms with Crippen molar-refractivity contribution in [2.24, 2.45) is 0 Å². The van der Waals surface area contributed by atoms with Crippen LogP contribution in [0.5, 0.6) is 5.75 Å². The van der Waals surface area contributed by atoms with Crippen LogP contribution in [-0.2, 0) is 11.3 Å². The average molecular weight is 383 g/mol. The Balaban J connectivity index is 1.96. The number of amides is 1. The Morgan fingerprint density at radius 2 is 1.89 bits per heavy atom. The van der Waals surface area contributed by atoms with Gasteiger partial charge < -0.3 is 10.1 Å². The Kier molecular flexibility index (Phi) is 7.08. The Hall–Kier alpha value is -2.27. The zero-order valence-corrected chi connectivity index (χ0v) is 15.3. The molecule has 1 N–H and O–H groups in total. The summed E-state index contributed by atoms with van der Waals surface area (Å²) < 4.78 is 41.6. The number of halogens is 3. The Morgan fingerprint density at radius 1 is 1.26 bits per heavy atom. The molecular formula is C19H24F3N3O2. The molecule has 0 saturated heterocycles. The number of alkyl halides is 3. The maximum Gasteiger partial charge on any atom is 0.573 e. The molecule has 0 unspecified atom stereocenters. The highest BCUT2D eigenvalue weighted by Crippen LogP contribution is 2.28. The van der Waals surface area contributed by atoms with Crippen molar-refractivity contribution in [3.8, 4) is 11.8 Å². The molecule has 27 heavy (non-hydrogen) atoms. The standard InChI is InChI=1S/C19H24F3N3O2/c1-25(12-15-8-4-5-9-16(15)27-19(20,21)22)13-17(26)24-18(14-23)10-6-2-3-7-11-18/h4-5,8-9H,2-3,6-7,10-13H2,1H3,(H,24,26). The fourth-order valence-electron chi connectivity index (χ4n) is 3.35. The van der Waals surface area contributed by atoms with Crippen LogP contribution in [0.4, 0.5) is 13.2 Å². The first-order valence-corrected chi connectivity index (χ1v) is 8.97. The van der Waals surface area contributed by atoms with Crippen LogP contribution < -0.4 is 10.1 Å². The first-order valence-electron chi connectivity index (χ1n) is 8.97. The van der Waals surface area contributed by atoms with E-state index in [0.29, 0.717) is 18.4 Å². The molecule has 1 aliphatic rings. The molecule has 1 aliphatic carbocycles.